The summed E-state index contributed by atoms with van der Waals surface area (Å²) >= 11 is 3.50. The second-order valence-electron chi connectivity index (χ2n) is 8.34. The highest BCUT2D eigenvalue weighted by molar-refractivity contribution is 9.10. The Morgan fingerprint density at radius 1 is 0.935 bits per heavy atom. The quantitative estimate of drug-likeness (QED) is 0.405. The average molecular weight is 482 g/mol. The number of hydrogen-bond donors (Lipinski definition) is 1. The van der Waals surface area contributed by atoms with Gasteiger partial charge in [0.1, 0.15) is 11.5 Å². The van der Waals surface area contributed by atoms with E-state index in [-0.39, 0.29) is 17.9 Å². The van der Waals surface area contributed by atoms with Crippen molar-refractivity contribution < 1.29 is 14.3 Å². The molecule has 0 saturated heterocycles. The van der Waals surface area contributed by atoms with Crippen molar-refractivity contribution in [1.82, 2.24) is 0 Å². The monoisotopic (exact) mass is 481 g/mol. The third kappa shape index (κ3) is 7.14. The van der Waals surface area contributed by atoms with Crippen molar-refractivity contribution >= 4 is 27.5 Å². The molecule has 0 saturated carbocycles. The highest BCUT2D eigenvalue weighted by Gasteiger charge is 2.20. The molecule has 3 aromatic carbocycles. The van der Waals surface area contributed by atoms with Gasteiger partial charge < -0.3 is 14.8 Å². The Kier molecular flexibility index (Phi) is 7.75. The van der Waals surface area contributed by atoms with E-state index in [0.29, 0.717) is 18.0 Å². The lowest BCUT2D eigenvalue weighted by Crippen LogP contribution is -2.22. The number of halogens is 1. The van der Waals surface area contributed by atoms with Crippen LogP contribution < -0.4 is 14.8 Å². The molecule has 31 heavy (non-hydrogen) atoms. The minimum Gasteiger partial charge on any atom is -0.493 e. The Bertz CT molecular complexity index is 1010. The Labute approximate surface area is 192 Å². The Morgan fingerprint density at radius 2 is 1.71 bits per heavy atom. The first-order chi connectivity index (χ1) is 14.8. The van der Waals surface area contributed by atoms with E-state index in [9.17, 15) is 4.79 Å². The van der Waals surface area contributed by atoms with Gasteiger partial charge in [0.25, 0.3) is 5.91 Å². The Hall–Kier alpha value is -2.79. The van der Waals surface area contributed by atoms with E-state index in [1.165, 1.54) is 5.56 Å². The van der Waals surface area contributed by atoms with Crippen LogP contribution in [-0.4, -0.2) is 19.1 Å². The predicted molar refractivity (Wildman–Crippen MR) is 129 cm³/mol. The topological polar surface area (TPSA) is 47.6 Å². The molecule has 0 heterocycles. The maximum absolute atomic E-state index is 12.4. The largest absolute Gasteiger partial charge is 0.493 e. The van der Waals surface area contributed by atoms with Gasteiger partial charge >= 0.3 is 0 Å². The molecule has 0 aliphatic rings. The number of ether oxygens (including phenoxy) is 2. The van der Waals surface area contributed by atoms with Crippen LogP contribution in [0.2, 0.25) is 0 Å². The van der Waals surface area contributed by atoms with Gasteiger partial charge in [-0.25, -0.2) is 0 Å². The molecule has 0 bridgehead atoms. The Morgan fingerprint density at radius 3 is 2.45 bits per heavy atom. The summed E-state index contributed by atoms with van der Waals surface area (Å²) in [6.45, 7) is 6.86. The molecule has 0 aliphatic heterocycles. The smallest absolute Gasteiger partial charge is 0.262 e. The lowest BCUT2D eigenvalue weighted by atomic mass is 9.86. The van der Waals surface area contributed by atoms with Crippen molar-refractivity contribution in [1.29, 1.82) is 0 Å². The lowest BCUT2D eigenvalue weighted by Gasteiger charge is -2.23. The van der Waals surface area contributed by atoms with Crippen LogP contribution in [0.1, 0.15) is 31.9 Å². The third-order valence-corrected chi connectivity index (χ3v) is 5.22. The van der Waals surface area contributed by atoms with E-state index in [1.54, 1.807) is 0 Å². The van der Waals surface area contributed by atoms with E-state index in [4.69, 9.17) is 9.47 Å². The van der Waals surface area contributed by atoms with Crippen molar-refractivity contribution in [3.63, 3.8) is 0 Å². The molecule has 1 amide bonds. The molecule has 0 fully saturated rings. The zero-order valence-corrected chi connectivity index (χ0v) is 19.7. The molecule has 0 spiro atoms. The Balaban J connectivity index is 1.54. The molecule has 162 valence electrons. The summed E-state index contributed by atoms with van der Waals surface area (Å²) in [5.74, 6) is 1.21. The van der Waals surface area contributed by atoms with Crippen LogP contribution in [0.15, 0.2) is 77.3 Å². The van der Waals surface area contributed by atoms with Crippen LogP contribution in [-0.2, 0) is 16.6 Å². The van der Waals surface area contributed by atoms with E-state index >= 15 is 0 Å². The SMILES string of the molecule is CC(C)(C)c1cc(Br)ccc1OCC(=O)Nc1cccc(OCCc2ccccc2)c1. The molecular formula is C26H28BrNO3. The number of carbonyl (C=O) groups is 1. The van der Waals surface area contributed by atoms with Crippen LogP contribution in [0, 0.1) is 0 Å². The number of anilines is 1. The lowest BCUT2D eigenvalue weighted by molar-refractivity contribution is -0.118. The van der Waals surface area contributed by atoms with Crippen molar-refractivity contribution in [2.75, 3.05) is 18.5 Å². The molecule has 0 aromatic heterocycles. The zero-order valence-electron chi connectivity index (χ0n) is 18.2. The summed E-state index contributed by atoms with van der Waals surface area (Å²) in [6.07, 6.45) is 0.828. The van der Waals surface area contributed by atoms with E-state index in [1.807, 2.05) is 60.7 Å². The first kappa shape index (κ1) is 22.9. The van der Waals surface area contributed by atoms with Crippen LogP contribution in [0.25, 0.3) is 0 Å². The fraction of sp³-hybridized carbons (Fsp3) is 0.269. The van der Waals surface area contributed by atoms with Crippen LogP contribution in [0.5, 0.6) is 11.5 Å². The van der Waals surface area contributed by atoms with Gasteiger partial charge in [-0.3, -0.25) is 4.79 Å². The first-order valence-corrected chi connectivity index (χ1v) is 11.1. The van der Waals surface area contributed by atoms with Crippen molar-refractivity contribution in [2.24, 2.45) is 0 Å². The molecule has 4 nitrogen and oxygen atoms in total. The summed E-state index contributed by atoms with van der Waals surface area (Å²) in [4.78, 5) is 12.4. The van der Waals surface area contributed by atoms with Gasteiger partial charge in [-0.05, 0) is 41.3 Å². The zero-order chi connectivity index (χ0) is 22.3. The number of benzene rings is 3. The van der Waals surface area contributed by atoms with Crippen molar-refractivity contribution in [2.45, 2.75) is 32.6 Å². The second kappa shape index (κ2) is 10.5. The molecule has 0 unspecified atom stereocenters. The minimum atomic E-state index is -0.218. The summed E-state index contributed by atoms with van der Waals surface area (Å²) < 4.78 is 12.7. The summed E-state index contributed by atoms with van der Waals surface area (Å²) in [5.41, 5.74) is 2.86. The van der Waals surface area contributed by atoms with Gasteiger partial charge in [-0.1, -0.05) is 73.1 Å². The predicted octanol–water partition coefficient (Wildman–Crippen LogP) is 6.39. The molecule has 1 N–H and O–H groups in total. The molecule has 3 aromatic rings. The average Bonchev–Trinajstić information content (AvgIpc) is 2.73. The second-order valence-corrected chi connectivity index (χ2v) is 9.25. The van der Waals surface area contributed by atoms with Gasteiger partial charge in [-0.2, -0.15) is 0 Å². The number of hydrogen-bond acceptors (Lipinski definition) is 3. The van der Waals surface area contributed by atoms with Gasteiger partial charge in [0, 0.05) is 28.2 Å². The maximum Gasteiger partial charge on any atom is 0.262 e. The van der Waals surface area contributed by atoms with Gasteiger partial charge in [0.15, 0.2) is 6.61 Å². The summed E-state index contributed by atoms with van der Waals surface area (Å²) in [5, 5.41) is 2.88. The fourth-order valence-electron chi connectivity index (χ4n) is 3.15. The van der Waals surface area contributed by atoms with Crippen LogP contribution >= 0.6 is 15.9 Å². The van der Waals surface area contributed by atoms with E-state index in [2.05, 4.69) is 54.2 Å². The summed E-state index contributed by atoms with van der Waals surface area (Å²) in [7, 11) is 0. The highest BCUT2D eigenvalue weighted by atomic mass is 79.9. The van der Waals surface area contributed by atoms with E-state index < -0.39 is 0 Å². The molecule has 0 aliphatic carbocycles. The minimum absolute atomic E-state index is 0.0657. The van der Waals surface area contributed by atoms with Crippen LogP contribution in [0.4, 0.5) is 5.69 Å². The van der Waals surface area contributed by atoms with Crippen LogP contribution in [0.3, 0.4) is 0 Å². The standard InChI is InChI=1S/C26H28BrNO3/c1-26(2,3)23-16-20(27)12-13-24(23)31-18-25(29)28-21-10-7-11-22(17-21)30-15-14-19-8-5-4-6-9-19/h4-13,16-17H,14-15,18H2,1-3H3,(H,28,29). The fourth-order valence-corrected chi connectivity index (χ4v) is 3.51. The third-order valence-electron chi connectivity index (χ3n) is 4.73. The molecule has 3 rings (SSSR count). The number of carbonyl (C=O) groups excluding carboxylic acids is 1. The number of rotatable bonds is 8. The highest BCUT2D eigenvalue weighted by Crippen LogP contribution is 2.33. The van der Waals surface area contributed by atoms with Crippen molar-refractivity contribution in [3.8, 4) is 11.5 Å². The molecule has 0 radical (unpaired) electrons. The van der Waals surface area contributed by atoms with E-state index in [0.717, 1.165) is 22.2 Å². The molecule has 0 atom stereocenters. The van der Waals surface area contributed by atoms with Gasteiger partial charge in [-0.15, -0.1) is 0 Å². The maximum atomic E-state index is 12.4. The first-order valence-electron chi connectivity index (χ1n) is 10.3. The van der Waals surface area contributed by atoms with Gasteiger partial charge in [0.05, 0.1) is 6.61 Å². The summed E-state index contributed by atoms with van der Waals surface area (Å²) in [6, 6.07) is 23.4. The van der Waals surface area contributed by atoms with Crippen molar-refractivity contribution in [3.05, 3.63) is 88.4 Å². The normalized spacial score (nSPS) is 11.1. The molecular weight excluding hydrogens is 454 g/mol. The number of amides is 1. The molecule has 5 heteroatoms. The number of nitrogens with one attached hydrogen (secondary N) is 1. The van der Waals surface area contributed by atoms with Gasteiger partial charge in [0.2, 0.25) is 0 Å².